The van der Waals surface area contributed by atoms with E-state index < -0.39 is 17.8 Å². The molecular formula is C24H24F4N4O2. The van der Waals surface area contributed by atoms with Gasteiger partial charge in [0.2, 0.25) is 0 Å². The third-order valence-electron chi connectivity index (χ3n) is 5.76. The van der Waals surface area contributed by atoms with E-state index in [1.165, 1.54) is 36.6 Å². The predicted octanol–water partition coefficient (Wildman–Crippen LogP) is 5.12. The van der Waals surface area contributed by atoms with Gasteiger partial charge in [0.15, 0.2) is 0 Å². The number of anilines is 2. The number of rotatable bonds is 6. The Kier molecular flexibility index (Phi) is 7.06. The van der Waals surface area contributed by atoms with Crippen molar-refractivity contribution in [2.24, 2.45) is 0 Å². The quantitative estimate of drug-likeness (QED) is 0.485. The lowest BCUT2D eigenvalue weighted by Gasteiger charge is -2.39. The molecule has 6 nitrogen and oxygen atoms in total. The summed E-state index contributed by atoms with van der Waals surface area (Å²) in [5.74, 6) is 0.355. The number of carbonyl (C=O) groups excluding carboxylic acids is 1. The number of para-hydroxylation sites is 1. The lowest BCUT2D eigenvalue weighted by molar-refractivity contribution is -0.136. The van der Waals surface area contributed by atoms with Crippen molar-refractivity contribution in [3.8, 4) is 0 Å². The van der Waals surface area contributed by atoms with Crippen molar-refractivity contribution in [2.45, 2.75) is 12.2 Å². The minimum Gasteiger partial charge on any atom is -0.468 e. The maximum absolute atomic E-state index is 13.2. The van der Waals surface area contributed by atoms with E-state index in [9.17, 15) is 22.4 Å². The first-order valence-corrected chi connectivity index (χ1v) is 10.8. The molecule has 0 aliphatic carbocycles. The van der Waals surface area contributed by atoms with Crippen LogP contribution in [0.15, 0.2) is 71.3 Å². The second-order valence-electron chi connectivity index (χ2n) is 7.91. The monoisotopic (exact) mass is 476 g/mol. The first-order chi connectivity index (χ1) is 16.3. The summed E-state index contributed by atoms with van der Waals surface area (Å²) in [6, 6.07) is 13.7. The fourth-order valence-electron chi connectivity index (χ4n) is 4.03. The summed E-state index contributed by atoms with van der Waals surface area (Å²) in [4.78, 5) is 16.7. The second-order valence-corrected chi connectivity index (χ2v) is 7.91. The number of piperazine rings is 1. The number of hydrogen-bond donors (Lipinski definition) is 2. The van der Waals surface area contributed by atoms with Crippen molar-refractivity contribution < 1.29 is 26.8 Å². The minimum atomic E-state index is -4.58. The van der Waals surface area contributed by atoms with Gasteiger partial charge in [-0.2, -0.15) is 13.2 Å². The average molecular weight is 476 g/mol. The number of nitrogens with one attached hydrogen (secondary N) is 2. The summed E-state index contributed by atoms with van der Waals surface area (Å²) in [7, 11) is 0. The molecule has 0 spiro atoms. The van der Waals surface area contributed by atoms with Gasteiger partial charge in [-0.25, -0.2) is 9.18 Å². The fraction of sp³-hybridized carbons (Fsp3) is 0.292. The number of carbonyl (C=O) groups is 1. The number of nitrogens with zero attached hydrogens (tertiary/aromatic N) is 2. The van der Waals surface area contributed by atoms with E-state index in [0.29, 0.717) is 31.9 Å². The Hall–Kier alpha value is -3.53. The molecule has 180 valence electrons. The van der Waals surface area contributed by atoms with E-state index in [1.54, 1.807) is 24.3 Å². The van der Waals surface area contributed by atoms with E-state index in [-0.39, 0.29) is 24.1 Å². The third-order valence-corrected chi connectivity index (χ3v) is 5.76. The first kappa shape index (κ1) is 23.6. The van der Waals surface area contributed by atoms with E-state index in [4.69, 9.17) is 4.42 Å². The first-order valence-electron chi connectivity index (χ1n) is 10.8. The van der Waals surface area contributed by atoms with Crippen LogP contribution in [0.25, 0.3) is 0 Å². The van der Waals surface area contributed by atoms with Crippen molar-refractivity contribution in [3.63, 3.8) is 0 Å². The van der Waals surface area contributed by atoms with Gasteiger partial charge in [0.25, 0.3) is 0 Å². The number of halogens is 4. The van der Waals surface area contributed by atoms with Crippen molar-refractivity contribution in [1.82, 2.24) is 10.2 Å². The van der Waals surface area contributed by atoms with Gasteiger partial charge in [0, 0.05) is 38.4 Å². The van der Waals surface area contributed by atoms with Gasteiger partial charge in [-0.1, -0.05) is 12.1 Å². The predicted molar refractivity (Wildman–Crippen MR) is 120 cm³/mol. The molecule has 10 heteroatoms. The molecule has 0 saturated carbocycles. The molecule has 34 heavy (non-hydrogen) atoms. The highest BCUT2D eigenvalue weighted by Crippen LogP contribution is 2.34. The van der Waals surface area contributed by atoms with E-state index >= 15 is 0 Å². The van der Waals surface area contributed by atoms with Crippen molar-refractivity contribution >= 4 is 17.4 Å². The summed E-state index contributed by atoms with van der Waals surface area (Å²) in [6.07, 6.45) is -3.04. The highest BCUT2D eigenvalue weighted by atomic mass is 19.4. The SMILES string of the molecule is O=C(NCC(c1ccco1)N1CCN(c2ccc(F)cc2)CC1)Nc1ccccc1C(F)(F)F. The number of benzene rings is 2. The van der Waals surface area contributed by atoms with E-state index in [0.717, 1.165) is 11.8 Å². The van der Waals surface area contributed by atoms with Crippen molar-refractivity contribution in [2.75, 3.05) is 42.9 Å². The Morgan fingerprint density at radius 2 is 1.68 bits per heavy atom. The average Bonchev–Trinajstić information content (AvgIpc) is 3.34. The Morgan fingerprint density at radius 1 is 0.971 bits per heavy atom. The van der Waals surface area contributed by atoms with Crippen LogP contribution in [0.4, 0.5) is 33.7 Å². The molecule has 1 aliphatic rings. The summed E-state index contributed by atoms with van der Waals surface area (Å²) >= 11 is 0. The minimum absolute atomic E-state index is 0.143. The Bertz CT molecular complexity index is 1080. The molecule has 0 radical (unpaired) electrons. The highest BCUT2D eigenvalue weighted by Gasteiger charge is 2.34. The lowest BCUT2D eigenvalue weighted by Crippen LogP contribution is -2.50. The number of furan rings is 1. The van der Waals surface area contributed by atoms with E-state index in [2.05, 4.69) is 20.4 Å². The van der Waals surface area contributed by atoms with Crippen LogP contribution in [0, 0.1) is 5.82 Å². The van der Waals surface area contributed by atoms with Gasteiger partial charge in [-0.15, -0.1) is 0 Å². The smallest absolute Gasteiger partial charge is 0.418 e. The van der Waals surface area contributed by atoms with Crippen LogP contribution in [0.1, 0.15) is 17.4 Å². The molecule has 1 aromatic heterocycles. The van der Waals surface area contributed by atoms with Crippen molar-refractivity contribution in [3.05, 3.63) is 84.1 Å². The largest absolute Gasteiger partial charge is 0.468 e. The molecule has 2 N–H and O–H groups in total. The Morgan fingerprint density at radius 3 is 2.32 bits per heavy atom. The molecule has 1 atom stereocenters. The summed E-state index contributed by atoms with van der Waals surface area (Å²) in [5.41, 5.74) is -0.295. The fourth-order valence-corrected chi connectivity index (χ4v) is 4.03. The molecule has 2 amide bonds. The van der Waals surface area contributed by atoms with Crippen LogP contribution < -0.4 is 15.5 Å². The van der Waals surface area contributed by atoms with Gasteiger partial charge < -0.3 is 20.0 Å². The van der Waals surface area contributed by atoms with Gasteiger partial charge in [-0.05, 0) is 48.5 Å². The van der Waals surface area contributed by atoms with Crippen LogP contribution >= 0.6 is 0 Å². The number of alkyl halides is 3. The van der Waals surface area contributed by atoms with Crippen LogP contribution in [0.2, 0.25) is 0 Å². The van der Waals surface area contributed by atoms with Crippen LogP contribution in [0.3, 0.4) is 0 Å². The molecule has 1 unspecified atom stereocenters. The second kappa shape index (κ2) is 10.2. The van der Waals surface area contributed by atoms with Crippen LogP contribution in [0.5, 0.6) is 0 Å². The zero-order valence-corrected chi connectivity index (χ0v) is 18.2. The molecule has 4 rings (SSSR count). The zero-order chi connectivity index (χ0) is 24.1. The van der Waals surface area contributed by atoms with Gasteiger partial charge >= 0.3 is 12.2 Å². The summed E-state index contributed by atoms with van der Waals surface area (Å²) < 4.78 is 58.4. The molecule has 2 aromatic carbocycles. The molecular weight excluding hydrogens is 452 g/mol. The topological polar surface area (TPSA) is 60.8 Å². The maximum Gasteiger partial charge on any atom is 0.418 e. The Labute approximate surface area is 194 Å². The summed E-state index contributed by atoms with van der Waals surface area (Å²) in [6.45, 7) is 2.83. The highest BCUT2D eigenvalue weighted by molar-refractivity contribution is 5.90. The standard InChI is InChI=1S/C24H24F4N4O2/c25-17-7-9-18(10-8-17)31-11-13-32(14-12-31)21(22-6-3-15-34-22)16-29-23(33)30-20-5-2-1-4-19(20)24(26,27)28/h1-10,15,21H,11-14,16H2,(H2,29,30,33). The zero-order valence-electron chi connectivity index (χ0n) is 18.2. The number of hydrogen-bond acceptors (Lipinski definition) is 4. The van der Waals surface area contributed by atoms with Crippen molar-refractivity contribution in [1.29, 1.82) is 0 Å². The van der Waals surface area contributed by atoms with Gasteiger partial charge in [0.05, 0.1) is 23.6 Å². The normalized spacial score (nSPS) is 15.7. The molecule has 1 saturated heterocycles. The Balaban J connectivity index is 1.39. The molecule has 3 aromatic rings. The molecule has 1 aliphatic heterocycles. The van der Waals surface area contributed by atoms with E-state index in [1.807, 2.05) is 0 Å². The lowest BCUT2D eigenvalue weighted by atomic mass is 10.1. The summed E-state index contributed by atoms with van der Waals surface area (Å²) in [5, 5.41) is 4.97. The van der Waals surface area contributed by atoms with Crippen LogP contribution in [-0.4, -0.2) is 43.7 Å². The number of urea groups is 1. The van der Waals surface area contributed by atoms with Crippen LogP contribution in [-0.2, 0) is 6.18 Å². The molecule has 2 heterocycles. The van der Waals surface area contributed by atoms with Gasteiger partial charge in [-0.3, -0.25) is 4.90 Å². The third kappa shape index (κ3) is 5.69. The van der Waals surface area contributed by atoms with Gasteiger partial charge in [0.1, 0.15) is 11.6 Å². The molecule has 0 bridgehead atoms. The molecule has 1 fully saturated rings. The maximum atomic E-state index is 13.2. The number of amides is 2.